The number of hydrogen-bond donors (Lipinski definition) is 0. The first-order chi connectivity index (χ1) is 32.2. The van der Waals surface area contributed by atoms with Crippen molar-refractivity contribution in [3.8, 4) is 33.6 Å². The third-order valence-corrected chi connectivity index (χ3v) is 14.9. The Balaban J connectivity index is 0.852. The van der Waals surface area contributed by atoms with Crippen LogP contribution < -0.4 is 0 Å². The maximum Gasteiger partial charge on any atom is 0.135 e. The second kappa shape index (κ2) is 13.1. The quantitative estimate of drug-likeness (QED) is 0.177. The minimum Gasteiger partial charge on any atom is -0.456 e. The number of fused-ring (bicyclic) bond motifs is 16. The van der Waals surface area contributed by atoms with Crippen molar-refractivity contribution in [3.63, 3.8) is 0 Å². The van der Waals surface area contributed by atoms with Crippen molar-refractivity contribution < 1.29 is 8.83 Å². The van der Waals surface area contributed by atoms with Gasteiger partial charge in [0.1, 0.15) is 22.3 Å². The highest BCUT2D eigenvalue weighted by atomic mass is 32.1. The average Bonchev–Trinajstić information content (AvgIpc) is 4.17. The summed E-state index contributed by atoms with van der Waals surface area (Å²) in [4.78, 5) is 0. The molecule has 0 unspecified atom stereocenters. The molecule has 65 heavy (non-hydrogen) atoms. The van der Waals surface area contributed by atoms with Crippen LogP contribution in [0.15, 0.2) is 215 Å². The Morgan fingerprint density at radius 1 is 0.292 bits per heavy atom. The van der Waals surface area contributed by atoms with Crippen LogP contribution in [0.1, 0.15) is 0 Å². The van der Waals surface area contributed by atoms with E-state index >= 15 is 0 Å². The number of rotatable bonds is 4. The monoisotopic (exact) mass is 846 g/mol. The van der Waals surface area contributed by atoms with Crippen LogP contribution in [-0.4, -0.2) is 9.13 Å². The number of benzene rings is 10. The van der Waals surface area contributed by atoms with Gasteiger partial charge in [0.15, 0.2) is 0 Å². The lowest BCUT2D eigenvalue weighted by Crippen LogP contribution is -1.94. The van der Waals surface area contributed by atoms with Crippen LogP contribution in [0.5, 0.6) is 0 Å². The van der Waals surface area contributed by atoms with Crippen molar-refractivity contribution in [2.45, 2.75) is 0 Å². The molecule has 0 aliphatic carbocycles. The van der Waals surface area contributed by atoms with E-state index in [2.05, 4.69) is 191 Å². The molecule has 4 nitrogen and oxygen atoms in total. The summed E-state index contributed by atoms with van der Waals surface area (Å²) in [5.74, 6) is 0. The third kappa shape index (κ3) is 5.01. The summed E-state index contributed by atoms with van der Waals surface area (Å²) < 4.78 is 19.8. The molecule has 10 aromatic carbocycles. The number of para-hydroxylation sites is 4. The molecule has 5 heterocycles. The first-order valence-electron chi connectivity index (χ1n) is 22.1. The Morgan fingerprint density at radius 3 is 1.60 bits per heavy atom. The van der Waals surface area contributed by atoms with E-state index in [1.165, 1.54) is 86.0 Å². The lowest BCUT2D eigenvalue weighted by Gasteiger charge is -2.11. The van der Waals surface area contributed by atoms with E-state index in [0.29, 0.717) is 0 Å². The molecule has 0 bridgehead atoms. The summed E-state index contributed by atoms with van der Waals surface area (Å²) >= 11 is 1.89. The van der Waals surface area contributed by atoms with E-state index in [1.807, 2.05) is 35.6 Å². The smallest absolute Gasteiger partial charge is 0.135 e. The van der Waals surface area contributed by atoms with E-state index in [1.54, 1.807) is 0 Å². The first kappa shape index (κ1) is 35.1. The molecule has 0 N–H and O–H groups in total. The molecule has 0 saturated heterocycles. The van der Waals surface area contributed by atoms with Crippen LogP contribution in [0.25, 0.3) is 141 Å². The molecule has 0 amide bonds. The topological polar surface area (TPSA) is 36.1 Å². The minimum absolute atomic E-state index is 0.905. The molecule has 5 heteroatoms. The van der Waals surface area contributed by atoms with Gasteiger partial charge < -0.3 is 18.0 Å². The summed E-state index contributed by atoms with van der Waals surface area (Å²) in [7, 11) is 0. The first-order valence-corrected chi connectivity index (χ1v) is 22.9. The molecule has 0 atom stereocenters. The van der Waals surface area contributed by atoms with E-state index in [4.69, 9.17) is 8.83 Å². The van der Waals surface area contributed by atoms with Gasteiger partial charge in [-0.05, 0) is 119 Å². The average molecular weight is 847 g/mol. The Morgan fingerprint density at radius 2 is 0.815 bits per heavy atom. The Bertz CT molecular complexity index is 4500. The Kier molecular flexibility index (Phi) is 7.07. The molecular formula is C60H34N2O2S. The summed E-state index contributed by atoms with van der Waals surface area (Å²) in [6, 6.07) is 74.9. The second-order valence-corrected chi connectivity index (χ2v) is 18.3. The SMILES string of the molecule is c1cc(-c2ccc3sc4c(ccc5c4c4ccccc4n5-c4ccc5oc6ccccc6c5c4)c3c2)cc(-n2c3ccccc3c3cc(-c4ccc5oc6ccccc6c5c4)ccc32)c1. The van der Waals surface area contributed by atoms with Crippen LogP contribution in [0.2, 0.25) is 0 Å². The highest BCUT2D eigenvalue weighted by Gasteiger charge is 2.20. The van der Waals surface area contributed by atoms with Crippen molar-refractivity contribution >= 4 is 119 Å². The van der Waals surface area contributed by atoms with Crippen LogP contribution in [-0.2, 0) is 0 Å². The maximum absolute atomic E-state index is 6.22. The summed E-state index contributed by atoms with van der Waals surface area (Å²) in [6.45, 7) is 0. The zero-order valence-electron chi connectivity index (χ0n) is 34.7. The molecular weight excluding hydrogens is 813 g/mol. The van der Waals surface area contributed by atoms with Crippen LogP contribution >= 0.6 is 11.3 Å². The van der Waals surface area contributed by atoms with Gasteiger partial charge in [0.25, 0.3) is 0 Å². The van der Waals surface area contributed by atoms with Crippen LogP contribution in [0.3, 0.4) is 0 Å². The zero-order chi connectivity index (χ0) is 42.3. The van der Waals surface area contributed by atoms with E-state index in [9.17, 15) is 0 Å². The largest absolute Gasteiger partial charge is 0.456 e. The lowest BCUT2D eigenvalue weighted by atomic mass is 10.0. The summed E-state index contributed by atoms with van der Waals surface area (Å²) in [5, 5.41) is 12.1. The van der Waals surface area contributed by atoms with Gasteiger partial charge in [0.05, 0.1) is 22.1 Å². The van der Waals surface area contributed by atoms with Crippen LogP contribution in [0.4, 0.5) is 0 Å². The number of hydrogen-bond acceptors (Lipinski definition) is 3. The molecule has 15 rings (SSSR count). The lowest BCUT2D eigenvalue weighted by molar-refractivity contribution is 0.668. The molecule has 0 saturated carbocycles. The highest BCUT2D eigenvalue weighted by Crippen LogP contribution is 2.45. The molecule has 0 aliphatic heterocycles. The molecule has 5 aromatic heterocycles. The normalized spacial score (nSPS) is 12.3. The number of nitrogens with zero attached hydrogens (tertiary/aromatic N) is 2. The molecule has 0 spiro atoms. The van der Waals surface area contributed by atoms with Crippen molar-refractivity contribution in [1.82, 2.24) is 9.13 Å². The van der Waals surface area contributed by atoms with E-state index < -0.39 is 0 Å². The standard InChI is InChI=1S/C60H34N2O2S/c1-5-16-50-41(12-1)46-31-36(37-21-27-56-47(32-37)42-13-3-7-18-54(42)63-56)20-25-52(46)61(50)39-11-9-10-35(30-39)38-22-29-58-49(33-38)44-24-26-53-59(60(44)65-58)45-15-2-6-17-51(45)62(53)40-23-28-57-48(34-40)43-14-4-8-19-55(43)64-57/h1-34H. The van der Waals surface area contributed by atoms with Gasteiger partial charge >= 0.3 is 0 Å². The van der Waals surface area contributed by atoms with Crippen molar-refractivity contribution in [1.29, 1.82) is 0 Å². The van der Waals surface area contributed by atoms with Gasteiger partial charge in [-0.1, -0.05) is 109 Å². The third-order valence-electron chi connectivity index (χ3n) is 13.7. The molecule has 0 radical (unpaired) electrons. The number of furan rings is 2. The Hall–Kier alpha value is -8.38. The summed E-state index contributed by atoms with van der Waals surface area (Å²) in [5.41, 5.74) is 15.4. The molecule has 302 valence electrons. The van der Waals surface area contributed by atoms with Gasteiger partial charge in [-0.2, -0.15) is 0 Å². The fourth-order valence-corrected chi connectivity index (χ4v) is 12.0. The van der Waals surface area contributed by atoms with Gasteiger partial charge in [0.2, 0.25) is 0 Å². The van der Waals surface area contributed by atoms with Gasteiger partial charge in [-0.25, -0.2) is 0 Å². The van der Waals surface area contributed by atoms with Crippen molar-refractivity contribution in [2.75, 3.05) is 0 Å². The predicted molar refractivity (Wildman–Crippen MR) is 273 cm³/mol. The van der Waals surface area contributed by atoms with Crippen molar-refractivity contribution in [3.05, 3.63) is 206 Å². The van der Waals surface area contributed by atoms with Crippen molar-refractivity contribution in [2.24, 2.45) is 0 Å². The van der Waals surface area contributed by atoms with Gasteiger partial charge in [-0.3, -0.25) is 0 Å². The maximum atomic E-state index is 6.22. The highest BCUT2D eigenvalue weighted by molar-refractivity contribution is 7.26. The molecule has 0 aliphatic rings. The molecule has 15 aromatic rings. The Labute approximate surface area is 375 Å². The molecule has 0 fully saturated rings. The minimum atomic E-state index is 0.905. The number of aromatic nitrogens is 2. The number of thiophene rings is 1. The van der Waals surface area contributed by atoms with E-state index in [0.717, 1.165) is 55.3 Å². The summed E-state index contributed by atoms with van der Waals surface area (Å²) in [6.07, 6.45) is 0. The van der Waals surface area contributed by atoms with Crippen LogP contribution in [0, 0.1) is 0 Å². The fourth-order valence-electron chi connectivity index (χ4n) is 10.8. The predicted octanol–water partition coefficient (Wildman–Crippen LogP) is 17.4. The fraction of sp³-hybridized carbons (Fsp3) is 0. The second-order valence-electron chi connectivity index (χ2n) is 17.2. The van der Waals surface area contributed by atoms with Gasteiger partial charge in [-0.15, -0.1) is 11.3 Å². The van der Waals surface area contributed by atoms with Gasteiger partial charge in [0, 0.05) is 74.6 Å². The van der Waals surface area contributed by atoms with E-state index in [-0.39, 0.29) is 0 Å². The zero-order valence-corrected chi connectivity index (χ0v) is 35.6.